The van der Waals surface area contributed by atoms with E-state index in [1.807, 2.05) is 13.0 Å². The number of sulfonamides is 1. The fourth-order valence-corrected chi connectivity index (χ4v) is 3.44. The Morgan fingerprint density at radius 1 is 1.25 bits per heavy atom. The lowest BCUT2D eigenvalue weighted by Crippen LogP contribution is -2.16. The zero-order chi connectivity index (χ0) is 15.1. The van der Waals surface area contributed by atoms with Crippen molar-refractivity contribution in [2.45, 2.75) is 25.7 Å². The van der Waals surface area contributed by atoms with Crippen LogP contribution in [0.15, 0.2) is 23.1 Å². The summed E-state index contributed by atoms with van der Waals surface area (Å²) >= 11 is 0. The zero-order valence-electron chi connectivity index (χ0n) is 11.7. The summed E-state index contributed by atoms with van der Waals surface area (Å²) < 4.78 is 41.8. The van der Waals surface area contributed by atoms with Gasteiger partial charge in [0.25, 0.3) is 10.0 Å². The minimum Gasteiger partial charge on any atom is -0.279 e. The highest BCUT2D eigenvalue weighted by atomic mass is 32.2. The third-order valence-electron chi connectivity index (χ3n) is 3.00. The van der Waals surface area contributed by atoms with Crippen molar-refractivity contribution in [2.75, 3.05) is 4.72 Å². The first-order valence-electron chi connectivity index (χ1n) is 6.01. The number of nitrogens with one attached hydrogen (secondary N) is 1. The molecule has 0 saturated carbocycles. The van der Waals surface area contributed by atoms with E-state index < -0.39 is 20.9 Å². The first kappa shape index (κ1) is 14.5. The number of nitrogens with zero attached hydrogens (tertiary/aromatic N) is 2. The van der Waals surface area contributed by atoms with Crippen molar-refractivity contribution >= 4 is 15.7 Å². The van der Waals surface area contributed by atoms with Gasteiger partial charge in [-0.1, -0.05) is 17.7 Å². The second-order valence-electron chi connectivity index (χ2n) is 4.75. The Morgan fingerprint density at radius 2 is 1.90 bits per heavy atom. The molecule has 0 radical (unpaired) electrons. The van der Waals surface area contributed by atoms with Gasteiger partial charge in [-0.15, -0.1) is 0 Å². The van der Waals surface area contributed by atoms with Gasteiger partial charge in [-0.05, 0) is 32.4 Å². The number of halogens is 1. The number of hydrogen-bond donors (Lipinski definition) is 1. The molecule has 1 N–H and O–H groups in total. The third kappa shape index (κ3) is 2.53. The van der Waals surface area contributed by atoms with Gasteiger partial charge >= 0.3 is 0 Å². The van der Waals surface area contributed by atoms with Crippen LogP contribution in [0.1, 0.15) is 16.8 Å². The number of hydrogen-bond acceptors (Lipinski definition) is 3. The quantitative estimate of drug-likeness (QED) is 0.945. The largest absolute Gasteiger partial charge is 0.279 e. The molecule has 5 nitrogen and oxygen atoms in total. The third-order valence-corrected chi connectivity index (χ3v) is 4.48. The molecule has 0 aliphatic heterocycles. The van der Waals surface area contributed by atoms with Crippen molar-refractivity contribution in [3.8, 4) is 0 Å². The van der Waals surface area contributed by atoms with E-state index in [-0.39, 0.29) is 5.69 Å². The molecule has 0 spiro atoms. The van der Waals surface area contributed by atoms with E-state index in [1.165, 1.54) is 14.0 Å². The number of benzene rings is 1. The molecule has 0 aliphatic rings. The van der Waals surface area contributed by atoms with E-state index in [9.17, 15) is 12.8 Å². The summed E-state index contributed by atoms with van der Waals surface area (Å²) in [5.74, 6) is -0.875. The molecule has 1 aromatic heterocycles. The molecule has 0 unspecified atom stereocenters. The summed E-state index contributed by atoms with van der Waals surface area (Å²) in [6.07, 6.45) is 0. The lowest BCUT2D eigenvalue weighted by Gasteiger charge is -2.10. The van der Waals surface area contributed by atoms with Crippen LogP contribution in [0.2, 0.25) is 0 Å². The van der Waals surface area contributed by atoms with E-state index in [0.717, 1.165) is 15.8 Å². The predicted octanol–water partition coefficient (Wildman–Crippen LogP) is 2.29. The molecule has 0 fully saturated rings. The zero-order valence-corrected chi connectivity index (χ0v) is 12.5. The van der Waals surface area contributed by atoms with Crippen LogP contribution in [0, 0.1) is 26.7 Å². The lowest BCUT2D eigenvalue weighted by molar-refractivity contribution is 0.483. The molecule has 108 valence electrons. The van der Waals surface area contributed by atoms with Crippen molar-refractivity contribution in [3.05, 3.63) is 41.0 Å². The Balaban J connectivity index is 2.46. The predicted molar refractivity (Wildman–Crippen MR) is 74.6 cm³/mol. The first-order chi connectivity index (χ1) is 9.22. The van der Waals surface area contributed by atoms with Gasteiger partial charge in [-0.2, -0.15) is 9.49 Å². The second kappa shape index (κ2) is 4.90. The summed E-state index contributed by atoms with van der Waals surface area (Å²) in [7, 11) is -2.64. The molecule has 7 heteroatoms. The molecule has 1 heterocycles. The molecule has 1 aromatic carbocycles. The van der Waals surface area contributed by atoms with Crippen LogP contribution in [0.5, 0.6) is 0 Å². The van der Waals surface area contributed by atoms with Crippen LogP contribution >= 0.6 is 0 Å². The van der Waals surface area contributed by atoms with Crippen LogP contribution in [0.4, 0.5) is 10.1 Å². The van der Waals surface area contributed by atoms with Crippen LogP contribution < -0.4 is 4.72 Å². The number of aromatic nitrogens is 2. The number of anilines is 1. The van der Waals surface area contributed by atoms with E-state index in [2.05, 4.69) is 9.82 Å². The van der Waals surface area contributed by atoms with Crippen molar-refractivity contribution in [3.63, 3.8) is 0 Å². The molecule has 0 atom stereocenters. The maximum Gasteiger partial charge on any atom is 0.268 e. The Kier molecular flexibility index (Phi) is 3.56. The molecule has 2 aromatic rings. The average molecular weight is 297 g/mol. The maximum absolute atomic E-state index is 13.9. The highest BCUT2D eigenvalue weighted by molar-refractivity contribution is 7.92. The van der Waals surface area contributed by atoms with Crippen molar-refractivity contribution in [1.29, 1.82) is 0 Å². The van der Waals surface area contributed by atoms with Crippen molar-refractivity contribution in [2.24, 2.45) is 7.05 Å². The van der Waals surface area contributed by atoms with Gasteiger partial charge in [0.1, 0.15) is 0 Å². The topological polar surface area (TPSA) is 64.0 Å². The molecular formula is C13H16FN3O2S. The fourth-order valence-electron chi connectivity index (χ4n) is 2.04. The van der Waals surface area contributed by atoms with Crippen LogP contribution in [0.25, 0.3) is 0 Å². The average Bonchev–Trinajstić information content (AvgIpc) is 2.57. The van der Waals surface area contributed by atoms with E-state index in [0.29, 0.717) is 5.69 Å². The van der Waals surface area contributed by atoms with Gasteiger partial charge in [0.15, 0.2) is 4.90 Å². The van der Waals surface area contributed by atoms with Gasteiger partial charge in [-0.25, -0.2) is 13.1 Å². The Morgan fingerprint density at radius 3 is 2.40 bits per heavy atom. The summed E-state index contributed by atoms with van der Waals surface area (Å²) in [4.78, 5) is -0.417. The highest BCUT2D eigenvalue weighted by Crippen LogP contribution is 2.23. The molecule has 20 heavy (non-hydrogen) atoms. The SMILES string of the molecule is Cc1ccc(NS(=O)(=O)c2c(C)nn(C)c2F)c(C)c1. The van der Waals surface area contributed by atoms with E-state index in [4.69, 9.17) is 0 Å². The molecular weight excluding hydrogens is 281 g/mol. The summed E-state index contributed by atoms with van der Waals surface area (Å²) in [6, 6.07) is 5.30. The fraction of sp³-hybridized carbons (Fsp3) is 0.308. The standard InChI is InChI=1S/C13H16FN3O2S/c1-8-5-6-11(9(2)7-8)16-20(18,19)12-10(3)15-17(4)13(12)14/h5-7,16H,1-4H3. The van der Waals surface area contributed by atoms with E-state index in [1.54, 1.807) is 19.1 Å². The minimum absolute atomic E-state index is 0.127. The van der Waals surface area contributed by atoms with Gasteiger partial charge in [0, 0.05) is 7.05 Å². The summed E-state index contributed by atoms with van der Waals surface area (Å²) in [6.45, 7) is 5.16. The number of rotatable bonds is 3. The molecule has 0 saturated heterocycles. The van der Waals surface area contributed by atoms with Gasteiger partial charge in [0.2, 0.25) is 5.95 Å². The van der Waals surface area contributed by atoms with Crippen molar-refractivity contribution < 1.29 is 12.8 Å². The van der Waals surface area contributed by atoms with E-state index >= 15 is 0 Å². The Bertz CT molecular complexity index is 766. The van der Waals surface area contributed by atoms with Gasteiger partial charge in [-0.3, -0.25) is 4.72 Å². The lowest BCUT2D eigenvalue weighted by atomic mass is 10.1. The van der Waals surface area contributed by atoms with Crippen LogP contribution in [0.3, 0.4) is 0 Å². The normalized spacial score (nSPS) is 11.7. The van der Waals surface area contributed by atoms with Gasteiger partial charge < -0.3 is 0 Å². The van der Waals surface area contributed by atoms with Crippen LogP contribution in [-0.2, 0) is 17.1 Å². The summed E-state index contributed by atoms with van der Waals surface area (Å²) in [5.41, 5.74) is 2.35. The monoisotopic (exact) mass is 297 g/mol. The maximum atomic E-state index is 13.9. The van der Waals surface area contributed by atoms with Crippen molar-refractivity contribution in [1.82, 2.24) is 9.78 Å². The van der Waals surface area contributed by atoms with Gasteiger partial charge in [0.05, 0.1) is 11.4 Å². The molecule has 2 rings (SSSR count). The minimum atomic E-state index is -4.00. The molecule has 0 bridgehead atoms. The Labute approximate surface area is 117 Å². The van der Waals surface area contributed by atoms with Crippen LogP contribution in [-0.4, -0.2) is 18.2 Å². The smallest absolute Gasteiger partial charge is 0.268 e. The molecule has 0 amide bonds. The Hall–Kier alpha value is -1.89. The number of aryl methyl sites for hydroxylation is 4. The summed E-state index contributed by atoms with van der Waals surface area (Å²) in [5, 5.41) is 3.78. The molecule has 0 aliphatic carbocycles. The second-order valence-corrected chi connectivity index (χ2v) is 6.37. The first-order valence-corrected chi connectivity index (χ1v) is 7.50. The highest BCUT2D eigenvalue weighted by Gasteiger charge is 2.26.